The fourth-order valence-electron chi connectivity index (χ4n) is 5.90. The first-order valence-electron chi connectivity index (χ1n) is 12.7. The number of benzene rings is 7. The van der Waals surface area contributed by atoms with Crippen LogP contribution >= 0.6 is 11.3 Å². The normalized spacial score (nSPS) is 11.8. The summed E-state index contributed by atoms with van der Waals surface area (Å²) in [5, 5.41) is 10.6. The van der Waals surface area contributed by atoms with Crippen molar-refractivity contribution in [3.63, 3.8) is 0 Å². The molecule has 0 fully saturated rings. The Hall–Kier alpha value is -4.46. The van der Waals surface area contributed by atoms with E-state index in [0.717, 1.165) is 0 Å². The molecule has 8 rings (SSSR count). The summed E-state index contributed by atoms with van der Waals surface area (Å²) in [6.07, 6.45) is 0. The third-order valence-corrected chi connectivity index (χ3v) is 8.90. The zero-order valence-electron chi connectivity index (χ0n) is 20.1. The minimum atomic E-state index is 1.24. The van der Waals surface area contributed by atoms with Gasteiger partial charge in [0.05, 0.1) is 0 Å². The monoisotopic (exact) mass is 486 g/mol. The van der Waals surface area contributed by atoms with Crippen LogP contribution < -0.4 is 0 Å². The Bertz CT molecular complexity index is 2090. The molecule has 0 aliphatic rings. The minimum absolute atomic E-state index is 1.24. The molecule has 172 valence electrons. The average molecular weight is 487 g/mol. The smallest absolute Gasteiger partial charge is 0.0433 e. The summed E-state index contributed by atoms with van der Waals surface area (Å²) in [5.74, 6) is 0. The van der Waals surface area contributed by atoms with Crippen LogP contribution in [0.5, 0.6) is 0 Å². The molecule has 0 unspecified atom stereocenters. The van der Waals surface area contributed by atoms with Gasteiger partial charge in [0.25, 0.3) is 0 Å². The summed E-state index contributed by atoms with van der Waals surface area (Å²) in [7, 11) is 0. The van der Waals surface area contributed by atoms with Gasteiger partial charge in [0.15, 0.2) is 0 Å². The van der Waals surface area contributed by atoms with Crippen LogP contribution in [0.4, 0.5) is 0 Å². The Kier molecular flexibility index (Phi) is 4.49. The van der Waals surface area contributed by atoms with Crippen molar-refractivity contribution in [3.05, 3.63) is 133 Å². The first kappa shape index (κ1) is 20.7. The van der Waals surface area contributed by atoms with Crippen LogP contribution in [-0.2, 0) is 0 Å². The zero-order valence-corrected chi connectivity index (χ0v) is 20.9. The predicted octanol–water partition coefficient (Wildman–Crippen LogP) is 10.8. The molecule has 1 aromatic heterocycles. The molecule has 0 saturated carbocycles. The van der Waals surface area contributed by atoms with E-state index < -0.39 is 0 Å². The van der Waals surface area contributed by atoms with Crippen LogP contribution in [0.1, 0.15) is 0 Å². The van der Waals surface area contributed by atoms with E-state index in [-0.39, 0.29) is 0 Å². The third kappa shape index (κ3) is 3.15. The number of hydrogen-bond acceptors (Lipinski definition) is 1. The highest BCUT2D eigenvalue weighted by molar-refractivity contribution is 7.26. The summed E-state index contributed by atoms with van der Waals surface area (Å²) in [4.78, 5) is 0. The van der Waals surface area contributed by atoms with E-state index in [4.69, 9.17) is 0 Å². The minimum Gasteiger partial charge on any atom is -0.135 e. The standard InChI is InChI=1S/C36H22S/c1-2-10-29-27(8-1)28-9-3-4-11-30(28)34-22-25(20-21-31(29)34)23-16-18-24(19-17-23)26-13-7-14-33-32-12-5-6-15-35(32)37-36(26)33/h1-22H. The van der Waals surface area contributed by atoms with E-state index in [1.807, 2.05) is 11.3 Å². The summed E-state index contributed by atoms with van der Waals surface area (Å²) in [6, 6.07) is 48.9. The molecule has 0 spiro atoms. The van der Waals surface area contributed by atoms with Crippen molar-refractivity contribution in [1.29, 1.82) is 0 Å². The Balaban J connectivity index is 1.28. The maximum absolute atomic E-state index is 2.37. The molecule has 7 aromatic carbocycles. The molecule has 0 saturated heterocycles. The lowest BCUT2D eigenvalue weighted by Gasteiger charge is -2.12. The van der Waals surface area contributed by atoms with Gasteiger partial charge < -0.3 is 0 Å². The van der Waals surface area contributed by atoms with Crippen molar-refractivity contribution in [1.82, 2.24) is 0 Å². The summed E-state index contributed by atoms with van der Waals surface area (Å²) >= 11 is 1.89. The molecule has 0 aliphatic heterocycles. The molecule has 0 nitrogen and oxygen atoms in total. The molecule has 0 atom stereocenters. The zero-order chi connectivity index (χ0) is 24.3. The van der Waals surface area contributed by atoms with E-state index in [2.05, 4.69) is 133 Å². The highest BCUT2D eigenvalue weighted by atomic mass is 32.1. The predicted molar refractivity (Wildman–Crippen MR) is 163 cm³/mol. The molecule has 0 bridgehead atoms. The van der Waals surface area contributed by atoms with Crippen LogP contribution in [0.25, 0.3) is 74.7 Å². The van der Waals surface area contributed by atoms with Gasteiger partial charge in [0.2, 0.25) is 0 Å². The molecule has 8 aromatic rings. The molecular weight excluding hydrogens is 464 g/mol. The van der Waals surface area contributed by atoms with Gasteiger partial charge in [-0.2, -0.15) is 0 Å². The van der Waals surface area contributed by atoms with E-state index in [9.17, 15) is 0 Å². The topological polar surface area (TPSA) is 0 Å². The maximum Gasteiger partial charge on any atom is 0.0433 e. The van der Waals surface area contributed by atoms with Crippen LogP contribution in [0.2, 0.25) is 0 Å². The lowest BCUT2D eigenvalue weighted by Crippen LogP contribution is -1.85. The summed E-state index contributed by atoms with van der Waals surface area (Å²) in [5.41, 5.74) is 5.06. The Morgan fingerprint density at radius 1 is 0.324 bits per heavy atom. The first-order chi connectivity index (χ1) is 18.3. The molecule has 0 aliphatic carbocycles. The largest absolute Gasteiger partial charge is 0.135 e. The molecule has 0 radical (unpaired) electrons. The van der Waals surface area contributed by atoms with E-state index >= 15 is 0 Å². The van der Waals surface area contributed by atoms with Crippen molar-refractivity contribution in [3.8, 4) is 22.3 Å². The van der Waals surface area contributed by atoms with Gasteiger partial charge in [-0.25, -0.2) is 0 Å². The quantitative estimate of drug-likeness (QED) is 0.213. The van der Waals surface area contributed by atoms with E-state index in [0.29, 0.717) is 0 Å². The lowest BCUT2D eigenvalue weighted by atomic mass is 9.92. The Morgan fingerprint density at radius 3 is 1.54 bits per heavy atom. The number of hydrogen-bond donors (Lipinski definition) is 0. The summed E-state index contributed by atoms with van der Waals surface area (Å²) < 4.78 is 2.71. The average Bonchev–Trinajstić information content (AvgIpc) is 3.36. The highest BCUT2D eigenvalue weighted by Crippen LogP contribution is 2.41. The van der Waals surface area contributed by atoms with Gasteiger partial charge in [-0.05, 0) is 66.7 Å². The van der Waals surface area contributed by atoms with Crippen LogP contribution in [0.3, 0.4) is 0 Å². The van der Waals surface area contributed by atoms with Crippen LogP contribution in [-0.4, -0.2) is 0 Å². The van der Waals surface area contributed by atoms with Gasteiger partial charge >= 0.3 is 0 Å². The number of thiophene rings is 1. The fraction of sp³-hybridized carbons (Fsp3) is 0. The molecule has 0 N–H and O–H groups in total. The van der Waals surface area contributed by atoms with Crippen molar-refractivity contribution < 1.29 is 0 Å². The maximum atomic E-state index is 2.37. The molecule has 37 heavy (non-hydrogen) atoms. The van der Waals surface area contributed by atoms with E-state index in [1.54, 1.807) is 0 Å². The lowest BCUT2D eigenvalue weighted by molar-refractivity contribution is 1.63. The van der Waals surface area contributed by atoms with Crippen molar-refractivity contribution in [2.24, 2.45) is 0 Å². The molecule has 1 heterocycles. The van der Waals surface area contributed by atoms with Gasteiger partial charge in [-0.3, -0.25) is 0 Å². The highest BCUT2D eigenvalue weighted by Gasteiger charge is 2.12. The van der Waals surface area contributed by atoms with Crippen molar-refractivity contribution in [2.75, 3.05) is 0 Å². The Labute approximate surface area is 219 Å². The van der Waals surface area contributed by atoms with Crippen LogP contribution in [0, 0.1) is 0 Å². The molecular formula is C36H22S. The number of rotatable bonds is 2. The van der Waals surface area contributed by atoms with Crippen LogP contribution in [0.15, 0.2) is 133 Å². The molecule has 0 amide bonds. The summed E-state index contributed by atoms with van der Waals surface area (Å²) in [6.45, 7) is 0. The van der Waals surface area contributed by atoms with Crippen molar-refractivity contribution in [2.45, 2.75) is 0 Å². The van der Waals surface area contributed by atoms with Gasteiger partial charge in [0.1, 0.15) is 0 Å². The number of fused-ring (bicyclic) bond motifs is 9. The second-order valence-corrected chi connectivity index (χ2v) is 10.8. The fourth-order valence-corrected chi connectivity index (χ4v) is 7.14. The SMILES string of the molecule is c1ccc2c(c1)sc1c(-c3ccc(-c4ccc5c6ccccc6c6ccccc6c5c4)cc3)cccc12. The van der Waals surface area contributed by atoms with Gasteiger partial charge in [-0.1, -0.05) is 121 Å². The van der Waals surface area contributed by atoms with Gasteiger partial charge in [0, 0.05) is 20.2 Å². The molecule has 1 heteroatoms. The van der Waals surface area contributed by atoms with E-state index in [1.165, 1.54) is 74.7 Å². The third-order valence-electron chi connectivity index (χ3n) is 7.68. The Morgan fingerprint density at radius 2 is 0.838 bits per heavy atom. The van der Waals surface area contributed by atoms with Gasteiger partial charge in [-0.15, -0.1) is 11.3 Å². The van der Waals surface area contributed by atoms with Crippen molar-refractivity contribution >= 4 is 63.8 Å². The second-order valence-electron chi connectivity index (χ2n) is 9.71. The second kappa shape index (κ2) is 8.03. The first-order valence-corrected chi connectivity index (χ1v) is 13.5.